The molecule has 0 saturated heterocycles. The van der Waals surface area contributed by atoms with Crippen LogP contribution in [0.3, 0.4) is 0 Å². The smallest absolute Gasteiger partial charge is 0.0407 e. The fraction of sp³-hybridized carbons (Fsp3) is 0.273. The van der Waals surface area contributed by atoms with E-state index in [1.807, 2.05) is 12.1 Å². The third kappa shape index (κ3) is 2.04. The lowest BCUT2D eigenvalue weighted by Gasteiger charge is -2.23. The lowest BCUT2D eigenvalue weighted by molar-refractivity contribution is 0.786. The summed E-state index contributed by atoms with van der Waals surface area (Å²) in [6.07, 6.45) is 6.79. The predicted molar refractivity (Wildman–Crippen MR) is 57.2 cm³/mol. The Bertz CT molecular complexity index is 302. The van der Waals surface area contributed by atoms with Gasteiger partial charge in [0.15, 0.2) is 0 Å². The molecule has 2 rings (SSSR count). The number of allylic oxidation sites excluding steroid dienone is 1. The number of hydrogen-bond acceptors (Lipinski definition) is 1. The predicted octanol–water partition coefficient (Wildman–Crippen LogP) is 3.45. The first-order chi connectivity index (χ1) is 6.36. The SMILES string of the molecule is Clc1ccc(N2C=CCCC2)cc1. The van der Waals surface area contributed by atoms with Gasteiger partial charge in [-0.25, -0.2) is 0 Å². The molecule has 0 spiro atoms. The number of anilines is 1. The van der Waals surface area contributed by atoms with Crippen molar-refractivity contribution in [2.75, 3.05) is 11.4 Å². The van der Waals surface area contributed by atoms with Gasteiger partial charge in [0.2, 0.25) is 0 Å². The van der Waals surface area contributed by atoms with E-state index in [1.54, 1.807) is 0 Å². The number of hydrogen-bond donors (Lipinski definition) is 0. The normalized spacial score (nSPS) is 16.2. The molecule has 1 nitrogen and oxygen atoms in total. The lowest BCUT2D eigenvalue weighted by Crippen LogP contribution is -2.19. The Hall–Kier alpha value is -0.950. The van der Waals surface area contributed by atoms with Gasteiger partial charge in [0.25, 0.3) is 0 Å². The van der Waals surface area contributed by atoms with Crippen LogP contribution in [0.1, 0.15) is 12.8 Å². The summed E-state index contributed by atoms with van der Waals surface area (Å²) in [6, 6.07) is 7.97. The van der Waals surface area contributed by atoms with Crippen LogP contribution in [-0.4, -0.2) is 6.54 Å². The second kappa shape index (κ2) is 3.84. The van der Waals surface area contributed by atoms with E-state index in [0.29, 0.717) is 0 Å². The van der Waals surface area contributed by atoms with Crippen molar-refractivity contribution in [2.24, 2.45) is 0 Å². The molecular weight excluding hydrogens is 182 g/mol. The molecule has 0 N–H and O–H groups in total. The first-order valence-electron chi connectivity index (χ1n) is 4.55. The van der Waals surface area contributed by atoms with Gasteiger partial charge in [-0.15, -0.1) is 0 Å². The quantitative estimate of drug-likeness (QED) is 0.661. The van der Waals surface area contributed by atoms with Gasteiger partial charge in [-0.05, 0) is 37.1 Å². The molecule has 1 heterocycles. The molecule has 1 aliphatic rings. The highest BCUT2D eigenvalue weighted by atomic mass is 35.5. The highest BCUT2D eigenvalue weighted by molar-refractivity contribution is 6.30. The average Bonchev–Trinajstić information content (AvgIpc) is 2.20. The van der Waals surface area contributed by atoms with Crippen molar-refractivity contribution >= 4 is 17.3 Å². The largest absolute Gasteiger partial charge is 0.348 e. The minimum absolute atomic E-state index is 0.796. The van der Waals surface area contributed by atoms with E-state index in [2.05, 4.69) is 29.3 Å². The van der Waals surface area contributed by atoms with Gasteiger partial charge in [0.05, 0.1) is 0 Å². The van der Waals surface area contributed by atoms with E-state index in [4.69, 9.17) is 11.6 Å². The second-order valence-corrected chi connectivity index (χ2v) is 3.63. The molecule has 0 unspecified atom stereocenters. The Balaban J connectivity index is 2.19. The molecule has 1 aromatic rings. The second-order valence-electron chi connectivity index (χ2n) is 3.20. The van der Waals surface area contributed by atoms with E-state index in [0.717, 1.165) is 11.6 Å². The molecule has 0 radical (unpaired) electrons. The minimum Gasteiger partial charge on any atom is -0.348 e. The van der Waals surface area contributed by atoms with Crippen molar-refractivity contribution in [3.63, 3.8) is 0 Å². The Morgan fingerprint density at radius 2 is 1.92 bits per heavy atom. The van der Waals surface area contributed by atoms with Crippen molar-refractivity contribution < 1.29 is 0 Å². The fourth-order valence-electron chi connectivity index (χ4n) is 1.50. The molecule has 0 amide bonds. The summed E-state index contributed by atoms with van der Waals surface area (Å²) in [5.74, 6) is 0. The summed E-state index contributed by atoms with van der Waals surface area (Å²) >= 11 is 5.81. The summed E-state index contributed by atoms with van der Waals surface area (Å²) in [5, 5.41) is 0.796. The summed E-state index contributed by atoms with van der Waals surface area (Å²) in [6.45, 7) is 1.11. The van der Waals surface area contributed by atoms with E-state index in [9.17, 15) is 0 Å². The van der Waals surface area contributed by atoms with Crippen LogP contribution in [0.15, 0.2) is 36.5 Å². The molecule has 1 aromatic carbocycles. The summed E-state index contributed by atoms with van der Waals surface area (Å²) in [5.41, 5.74) is 1.22. The number of halogens is 1. The van der Waals surface area contributed by atoms with Gasteiger partial charge >= 0.3 is 0 Å². The van der Waals surface area contributed by atoms with Crippen LogP contribution in [0, 0.1) is 0 Å². The maximum Gasteiger partial charge on any atom is 0.0407 e. The molecule has 0 bridgehead atoms. The molecule has 68 valence electrons. The van der Waals surface area contributed by atoms with Crippen molar-refractivity contribution in [3.8, 4) is 0 Å². The number of benzene rings is 1. The summed E-state index contributed by atoms with van der Waals surface area (Å²) in [7, 11) is 0. The summed E-state index contributed by atoms with van der Waals surface area (Å²) < 4.78 is 0. The lowest BCUT2D eigenvalue weighted by atomic mass is 10.2. The average molecular weight is 194 g/mol. The summed E-state index contributed by atoms with van der Waals surface area (Å²) in [4.78, 5) is 2.25. The third-order valence-electron chi connectivity index (χ3n) is 2.21. The van der Waals surface area contributed by atoms with Crippen LogP contribution in [0.2, 0.25) is 5.02 Å². The first kappa shape index (κ1) is 8.64. The molecule has 0 fully saturated rings. The van der Waals surface area contributed by atoms with Gasteiger partial charge in [-0.1, -0.05) is 17.7 Å². The Labute approximate surface area is 83.6 Å². The minimum atomic E-state index is 0.796. The van der Waals surface area contributed by atoms with Crippen LogP contribution >= 0.6 is 11.6 Å². The Morgan fingerprint density at radius 3 is 2.54 bits per heavy atom. The monoisotopic (exact) mass is 193 g/mol. The standard InChI is InChI=1S/C11H12ClN/c12-10-4-6-11(7-5-10)13-8-2-1-3-9-13/h2,4-8H,1,3,9H2. The van der Waals surface area contributed by atoms with Crippen molar-refractivity contribution in [3.05, 3.63) is 41.6 Å². The molecule has 13 heavy (non-hydrogen) atoms. The van der Waals surface area contributed by atoms with Crippen molar-refractivity contribution in [1.29, 1.82) is 0 Å². The van der Waals surface area contributed by atoms with Gasteiger partial charge in [0, 0.05) is 23.5 Å². The fourth-order valence-corrected chi connectivity index (χ4v) is 1.63. The van der Waals surface area contributed by atoms with Crippen LogP contribution in [0.25, 0.3) is 0 Å². The van der Waals surface area contributed by atoms with Crippen LogP contribution in [-0.2, 0) is 0 Å². The molecule has 0 atom stereocenters. The highest BCUT2D eigenvalue weighted by Crippen LogP contribution is 2.20. The maximum atomic E-state index is 5.81. The van der Waals surface area contributed by atoms with Crippen LogP contribution in [0.5, 0.6) is 0 Å². The zero-order valence-electron chi connectivity index (χ0n) is 7.41. The van der Waals surface area contributed by atoms with Crippen LogP contribution < -0.4 is 4.90 Å². The molecule has 1 aliphatic heterocycles. The van der Waals surface area contributed by atoms with E-state index in [-0.39, 0.29) is 0 Å². The number of rotatable bonds is 1. The molecule has 0 saturated carbocycles. The first-order valence-corrected chi connectivity index (χ1v) is 4.93. The zero-order valence-corrected chi connectivity index (χ0v) is 8.17. The van der Waals surface area contributed by atoms with E-state index in [1.165, 1.54) is 18.5 Å². The topological polar surface area (TPSA) is 3.24 Å². The van der Waals surface area contributed by atoms with E-state index >= 15 is 0 Å². The van der Waals surface area contributed by atoms with E-state index < -0.39 is 0 Å². The maximum absolute atomic E-state index is 5.81. The van der Waals surface area contributed by atoms with Crippen LogP contribution in [0.4, 0.5) is 5.69 Å². The Morgan fingerprint density at radius 1 is 1.15 bits per heavy atom. The zero-order chi connectivity index (χ0) is 9.10. The van der Waals surface area contributed by atoms with Gasteiger partial charge in [-0.3, -0.25) is 0 Å². The molecular formula is C11H12ClN. The molecule has 0 aliphatic carbocycles. The molecule has 0 aromatic heterocycles. The highest BCUT2D eigenvalue weighted by Gasteiger charge is 2.04. The van der Waals surface area contributed by atoms with Gasteiger partial charge < -0.3 is 4.90 Å². The van der Waals surface area contributed by atoms with Crippen molar-refractivity contribution in [1.82, 2.24) is 0 Å². The third-order valence-corrected chi connectivity index (χ3v) is 2.47. The molecule has 2 heteroatoms. The van der Waals surface area contributed by atoms with Gasteiger partial charge in [-0.2, -0.15) is 0 Å². The van der Waals surface area contributed by atoms with Gasteiger partial charge in [0.1, 0.15) is 0 Å². The Kier molecular flexibility index (Phi) is 2.55. The van der Waals surface area contributed by atoms with Crippen molar-refractivity contribution in [2.45, 2.75) is 12.8 Å². The number of nitrogens with zero attached hydrogens (tertiary/aromatic N) is 1.